The number of rotatable bonds is 8. The number of hydrogen-bond donors (Lipinski definition) is 0. The molecular formula is C45H32N8. The highest BCUT2D eigenvalue weighted by Gasteiger charge is 2.20. The lowest BCUT2D eigenvalue weighted by Crippen LogP contribution is -2.04. The molecule has 9 aromatic rings. The second-order valence-electron chi connectivity index (χ2n) is 12.7. The molecule has 3 heterocycles. The largest absolute Gasteiger partial charge is 0.296 e. The molecule has 0 bridgehead atoms. The first-order chi connectivity index (χ1) is 26.2. The zero-order chi connectivity index (χ0) is 35.7. The van der Waals surface area contributed by atoms with Gasteiger partial charge in [-0.25, -0.2) is 29.9 Å². The zero-order valence-corrected chi connectivity index (χ0v) is 29.1. The number of nitrogens with zero attached hydrogens (tertiary/aromatic N) is 8. The van der Waals surface area contributed by atoms with E-state index in [2.05, 4.69) is 71.5 Å². The van der Waals surface area contributed by atoms with Crippen molar-refractivity contribution in [3.8, 4) is 56.9 Å². The van der Waals surface area contributed by atoms with Gasteiger partial charge in [-0.3, -0.25) is 9.98 Å². The predicted octanol–water partition coefficient (Wildman–Crippen LogP) is 10.2. The molecule has 0 aliphatic rings. The Kier molecular flexibility index (Phi) is 8.17. The van der Waals surface area contributed by atoms with Gasteiger partial charge in [-0.05, 0) is 63.0 Å². The Hall–Kier alpha value is -7.06. The van der Waals surface area contributed by atoms with Crippen LogP contribution in [0.15, 0.2) is 145 Å². The van der Waals surface area contributed by atoms with E-state index in [1.807, 2.05) is 79.0 Å². The lowest BCUT2D eigenvalue weighted by Gasteiger charge is -2.16. The van der Waals surface area contributed by atoms with Gasteiger partial charge in [0.05, 0.1) is 0 Å². The first-order valence-electron chi connectivity index (χ1n) is 17.6. The molecule has 0 aliphatic carbocycles. The summed E-state index contributed by atoms with van der Waals surface area (Å²) in [5.41, 5.74) is 5.36. The van der Waals surface area contributed by atoms with Crippen molar-refractivity contribution in [2.45, 2.75) is 13.3 Å². The molecule has 9 rings (SSSR count). The van der Waals surface area contributed by atoms with Gasteiger partial charge in [-0.1, -0.05) is 110 Å². The topological polar surface area (TPSA) is 103 Å². The van der Waals surface area contributed by atoms with E-state index in [1.54, 1.807) is 19.4 Å². The van der Waals surface area contributed by atoms with Crippen LogP contribution in [-0.4, -0.2) is 48.2 Å². The highest BCUT2D eigenvalue weighted by atomic mass is 15.0. The van der Waals surface area contributed by atoms with Crippen LogP contribution >= 0.6 is 0 Å². The standard InChI is InChI=1S/C45H32N8/c1-3-11-32(26-46-2)42-48-40(30-12-6-4-7-13-30)50-44(52-42)36-23-19-28-18-22-35-37(24-20-29-17-21-34(36)38(28)39(29)35)45-51-41(31-14-8-5-9-15-31)49-43(53-45)33-16-10-25-47-27-33/h4-27H,3H2,1-2H3/b32-11+,46-26?. The monoisotopic (exact) mass is 684 g/mol. The van der Waals surface area contributed by atoms with Crippen molar-refractivity contribution in [2.24, 2.45) is 4.99 Å². The van der Waals surface area contributed by atoms with E-state index in [0.717, 1.165) is 72.1 Å². The summed E-state index contributed by atoms with van der Waals surface area (Å²) in [5.74, 6) is 3.57. The van der Waals surface area contributed by atoms with Gasteiger partial charge in [0.1, 0.15) is 0 Å². The lowest BCUT2D eigenvalue weighted by atomic mass is 9.89. The van der Waals surface area contributed by atoms with Crippen molar-refractivity contribution in [3.63, 3.8) is 0 Å². The van der Waals surface area contributed by atoms with Gasteiger partial charge >= 0.3 is 0 Å². The molecule has 0 radical (unpaired) electrons. The number of hydrogen-bond acceptors (Lipinski definition) is 8. The number of benzene rings is 6. The Morgan fingerprint density at radius 1 is 0.528 bits per heavy atom. The molecule has 0 atom stereocenters. The van der Waals surface area contributed by atoms with Crippen molar-refractivity contribution >= 4 is 44.1 Å². The molecule has 53 heavy (non-hydrogen) atoms. The van der Waals surface area contributed by atoms with Gasteiger partial charge in [-0.15, -0.1) is 0 Å². The van der Waals surface area contributed by atoms with E-state index >= 15 is 0 Å². The van der Waals surface area contributed by atoms with Crippen molar-refractivity contribution in [3.05, 3.63) is 146 Å². The van der Waals surface area contributed by atoms with Crippen LogP contribution in [0.4, 0.5) is 0 Å². The lowest BCUT2D eigenvalue weighted by molar-refractivity contribution is 1.04. The van der Waals surface area contributed by atoms with Crippen LogP contribution in [0.5, 0.6) is 0 Å². The Morgan fingerprint density at radius 2 is 1.02 bits per heavy atom. The average molecular weight is 685 g/mol. The molecule has 8 nitrogen and oxygen atoms in total. The van der Waals surface area contributed by atoms with Gasteiger partial charge in [-0.2, -0.15) is 0 Å². The maximum absolute atomic E-state index is 5.08. The second kappa shape index (κ2) is 13.6. The number of aliphatic imine (C=N–C) groups is 1. The summed E-state index contributed by atoms with van der Waals surface area (Å²) in [6.45, 7) is 2.10. The highest BCUT2D eigenvalue weighted by molar-refractivity contribution is 6.27. The van der Waals surface area contributed by atoms with Crippen LogP contribution in [0.2, 0.25) is 0 Å². The van der Waals surface area contributed by atoms with Crippen molar-refractivity contribution in [2.75, 3.05) is 7.05 Å². The maximum Gasteiger partial charge on any atom is 0.165 e. The molecule has 252 valence electrons. The number of pyridine rings is 1. The fraction of sp³-hybridized carbons (Fsp3) is 0.0667. The molecule has 0 saturated carbocycles. The van der Waals surface area contributed by atoms with E-state index < -0.39 is 0 Å². The molecular weight excluding hydrogens is 653 g/mol. The number of allylic oxidation sites excluding steroid dienone is 2. The minimum atomic E-state index is 0.569. The normalized spacial score (nSPS) is 12.1. The molecule has 0 saturated heterocycles. The van der Waals surface area contributed by atoms with E-state index in [1.165, 1.54) is 0 Å². The molecule has 0 N–H and O–H groups in total. The Bertz CT molecular complexity index is 2760. The molecule has 0 spiro atoms. The van der Waals surface area contributed by atoms with Crippen LogP contribution in [0.3, 0.4) is 0 Å². The van der Waals surface area contributed by atoms with Gasteiger partial charge in [0.25, 0.3) is 0 Å². The summed E-state index contributed by atoms with van der Waals surface area (Å²) in [5, 5.41) is 6.61. The minimum absolute atomic E-state index is 0.569. The molecule has 3 aromatic heterocycles. The first-order valence-corrected chi connectivity index (χ1v) is 17.6. The second-order valence-corrected chi connectivity index (χ2v) is 12.7. The third-order valence-corrected chi connectivity index (χ3v) is 9.35. The molecule has 8 heteroatoms. The summed E-state index contributed by atoms with van der Waals surface area (Å²) in [6.07, 6.45) is 8.26. The summed E-state index contributed by atoms with van der Waals surface area (Å²) >= 11 is 0. The van der Waals surface area contributed by atoms with E-state index in [9.17, 15) is 0 Å². The van der Waals surface area contributed by atoms with Crippen molar-refractivity contribution < 1.29 is 0 Å². The van der Waals surface area contributed by atoms with Gasteiger partial charge < -0.3 is 0 Å². The zero-order valence-electron chi connectivity index (χ0n) is 29.1. The van der Waals surface area contributed by atoms with Gasteiger partial charge in [0, 0.05) is 59.0 Å². The average Bonchev–Trinajstić information content (AvgIpc) is 3.23. The first kappa shape index (κ1) is 31.9. The summed E-state index contributed by atoms with van der Waals surface area (Å²) in [4.78, 5) is 38.7. The van der Waals surface area contributed by atoms with Crippen molar-refractivity contribution in [1.82, 2.24) is 34.9 Å². The Balaban J connectivity index is 1.28. The molecule has 0 amide bonds. The molecule has 0 aliphatic heterocycles. The molecule has 6 aromatic carbocycles. The van der Waals surface area contributed by atoms with Crippen LogP contribution in [0.1, 0.15) is 19.2 Å². The Morgan fingerprint density at radius 3 is 1.57 bits per heavy atom. The van der Waals surface area contributed by atoms with Crippen molar-refractivity contribution in [1.29, 1.82) is 0 Å². The maximum atomic E-state index is 5.08. The third-order valence-electron chi connectivity index (χ3n) is 9.35. The minimum Gasteiger partial charge on any atom is -0.296 e. The SMILES string of the molecule is CC/C=C(\C=NC)c1nc(-c2ccccc2)nc(-c2ccc3ccc4c(-c5nc(-c6ccccc6)nc(-c6cccnc6)n5)ccc5ccc2c3c54)n1. The van der Waals surface area contributed by atoms with Gasteiger partial charge in [0.2, 0.25) is 0 Å². The quantitative estimate of drug-likeness (QED) is 0.116. The predicted molar refractivity (Wildman–Crippen MR) is 215 cm³/mol. The van der Waals surface area contributed by atoms with E-state index in [4.69, 9.17) is 29.9 Å². The van der Waals surface area contributed by atoms with Gasteiger partial charge in [0.15, 0.2) is 34.9 Å². The third kappa shape index (κ3) is 5.86. The van der Waals surface area contributed by atoms with E-state index in [-0.39, 0.29) is 0 Å². The highest BCUT2D eigenvalue weighted by Crippen LogP contribution is 2.42. The fourth-order valence-electron chi connectivity index (χ4n) is 6.93. The van der Waals surface area contributed by atoms with Crippen LogP contribution in [-0.2, 0) is 0 Å². The summed E-state index contributed by atoms with van der Waals surface area (Å²) in [7, 11) is 1.76. The smallest absolute Gasteiger partial charge is 0.165 e. The fourth-order valence-corrected chi connectivity index (χ4v) is 6.93. The molecule has 0 fully saturated rings. The van der Waals surface area contributed by atoms with Crippen LogP contribution in [0, 0.1) is 0 Å². The van der Waals surface area contributed by atoms with E-state index in [0.29, 0.717) is 34.9 Å². The van der Waals surface area contributed by atoms with Crippen LogP contribution < -0.4 is 0 Å². The number of aromatic nitrogens is 7. The molecule has 0 unspecified atom stereocenters. The summed E-state index contributed by atoms with van der Waals surface area (Å²) < 4.78 is 0. The Labute approximate surface area is 306 Å². The van der Waals surface area contributed by atoms with Crippen LogP contribution in [0.25, 0.3) is 94.8 Å². The summed E-state index contributed by atoms with van der Waals surface area (Å²) in [6, 6.07) is 41.1.